The van der Waals surface area contributed by atoms with E-state index in [9.17, 15) is 5.26 Å². The van der Waals surface area contributed by atoms with Crippen LogP contribution in [0.1, 0.15) is 5.69 Å². The maximum Gasteiger partial charge on any atom is 0.183 e. The molecule has 4 rings (SSSR count). The molecular formula is C18H11ClN6. The van der Waals surface area contributed by atoms with Crippen LogP contribution in [0.15, 0.2) is 54.7 Å². The summed E-state index contributed by atoms with van der Waals surface area (Å²) in [5.41, 5.74) is 2.39. The number of nitrogens with one attached hydrogen (secondary N) is 2. The molecule has 0 aliphatic rings. The maximum atomic E-state index is 9.33. The normalized spacial score (nSPS) is 10.6. The van der Waals surface area contributed by atoms with Crippen molar-refractivity contribution < 1.29 is 0 Å². The van der Waals surface area contributed by atoms with Crippen LogP contribution in [0.4, 0.5) is 11.6 Å². The highest BCUT2D eigenvalue weighted by atomic mass is 35.5. The number of nitriles is 1. The lowest BCUT2D eigenvalue weighted by Crippen LogP contribution is -2.01. The summed E-state index contributed by atoms with van der Waals surface area (Å²) in [6.07, 6.45) is 1.54. The third-order valence-electron chi connectivity index (χ3n) is 3.74. The molecule has 120 valence electrons. The van der Waals surface area contributed by atoms with E-state index in [1.54, 1.807) is 6.07 Å². The summed E-state index contributed by atoms with van der Waals surface area (Å²) in [4.78, 5) is 8.71. The number of halogens is 1. The number of aromatic nitrogens is 4. The monoisotopic (exact) mass is 346 g/mol. The topological polar surface area (TPSA) is 90.3 Å². The third-order valence-corrected chi connectivity index (χ3v) is 4.06. The SMILES string of the molecule is N#Cc1ncc(-c2ccccc2Cl)nc1Nc1n[nH]c2ccccc12. The lowest BCUT2D eigenvalue weighted by molar-refractivity contribution is 1.10. The Bertz CT molecular complexity index is 1110. The third kappa shape index (κ3) is 2.77. The number of nitrogens with zero attached hydrogens (tertiary/aromatic N) is 4. The number of para-hydroxylation sites is 1. The standard InChI is InChI=1S/C18H11ClN6/c19-13-7-3-1-5-11(13)16-10-21-15(9-20)18(22-16)23-17-12-6-2-4-8-14(12)24-25-17/h1-8,10H,(H2,22,23,24,25). The average Bonchev–Trinajstić information content (AvgIpc) is 3.05. The van der Waals surface area contributed by atoms with E-state index in [-0.39, 0.29) is 5.69 Å². The van der Waals surface area contributed by atoms with Gasteiger partial charge in [-0.05, 0) is 18.2 Å². The van der Waals surface area contributed by atoms with Crippen molar-refractivity contribution in [1.82, 2.24) is 20.2 Å². The van der Waals surface area contributed by atoms with E-state index < -0.39 is 0 Å². The summed E-state index contributed by atoms with van der Waals surface area (Å²) in [5.74, 6) is 0.912. The molecule has 2 N–H and O–H groups in total. The number of hydrogen-bond donors (Lipinski definition) is 2. The van der Waals surface area contributed by atoms with Crippen molar-refractivity contribution in [2.24, 2.45) is 0 Å². The average molecular weight is 347 g/mol. The fourth-order valence-electron chi connectivity index (χ4n) is 2.53. The van der Waals surface area contributed by atoms with Crippen LogP contribution in [0.25, 0.3) is 22.2 Å². The van der Waals surface area contributed by atoms with Crippen LogP contribution < -0.4 is 5.32 Å². The molecule has 7 heteroatoms. The molecule has 2 heterocycles. The highest BCUT2D eigenvalue weighted by Gasteiger charge is 2.13. The van der Waals surface area contributed by atoms with Crippen molar-refractivity contribution >= 4 is 34.1 Å². The molecule has 0 atom stereocenters. The number of aromatic amines is 1. The van der Waals surface area contributed by atoms with Gasteiger partial charge < -0.3 is 5.32 Å². The maximum absolute atomic E-state index is 9.33. The second-order valence-electron chi connectivity index (χ2n) is 5.29. The van der Waals surface area contributed by atoms with E-state index >= 15 is 0 Å². The van der Waals surface area contributed by atoms with Gasteiger partial charge in [0.1, 0.15) is 6.07 Å². The van der Waals surface area contributed by atoms with Gasteiger partial charge in [-0.15, -0.1) is 0 Å². The minimum atomic E-state index is 0.183. The summed E-state index contributed by atoms with van der Waals surface area (Å²) in [6, 6.07) is 17.1. The molecule has 4 aromatic rings. The Morgan fingerprint density at radius 1 is 1.04 bits per heavy atom. The minimum absolute atomic E-state index is 0.183. The van der Waals surface area contributed by atoms with Gasteiger partial charge in [0.05, 0.1) is 22.4 Å². The lowest BCUT2D eigenvalue weighted by atomic mass is 10.1. The van der Waals surface area contributed by atoms with Crippen LogP contribution in [0, 0.1) is 11.3 Å². The zero-order valence-corrected chi connectivity index (χ0v) is 13.6. The van der Waals surface area contributed by atoms with Gasteiger partial charge in [-0.25, -0.2) is 9.97 Å². The molecular weight excluding hydrogens is 336 g/mol. The molecule has 0 radical (unpaired) electrons. The number of fused-ring (bicyclic) bond motifs is 1. The van der Waals surface area contributed by atoms with Crippen LogP contribution in [-0.4, -0.2) is 20.2 Å². The van der Waals surface area contributed by atoms with Gasteiger partial charge in [0.2, 0.25) is 0 Å². The van der Waals surface area contributed by atoms with Gasteiger partial charge >= 0.3 is 0 Å². The summed E-state index contributed by atoms with van der Waals surface area (Å²) in [7, 11) is 0. The second-order valence-corrected chi connectivity index (χ2v) is 5.69. The molecule has 0 bridgehead atoms. The lowest BCUT2D eigenvalue weighted by Gasteiger charge is -2.08. The number of H-pyrrole nitrogens is 1. The summed E-state index contributed by atoms with van der Waals surface area (Å²) < 4.78 is 0. The highest BCUT2D eigenvalue weighted by Crippen LogP contribution is 2.29. The van der Waals surface area contributed by atoms with Gasteiger partial charge in [-0.1, -0.05) is 41.9 Å². The van der Waals surface area contributed by atoms with Crippen molar-refractivity contribution in [2.45, 2.75) is 0 Å². The number of hydrogen-bond acceptors (Lipinski definition) is 5. The van der Waals surface area contributed by atoms with Gasteiger partial charge in [0.15, 0.2) is 17.3 Å². The molecule has 25 heavy (non-hydrogen) atoms. The largest absolute Gasteiger partial charge is 0.320 e. The molecule has 0 spiro atoms. The van der Waals surface area contributed by atoms with E-state index in [2.05, 4.69) is 25.5 Å². The first-order valence-corrected chi connectivity index (χ1v) is 7.86. The van der Waals surface area contributed by atoms with Gasteiger partial charge in [-0.3, -0.25) is 5.10 Å². The number of rotatable bonds is 3. The van der Waals surface area contributed by atoms with E-state index in [0.29, 0.717) is 22.4 Å². The summed E-state index contributed by atoms with van der Waals surface area (Å²) >= 11 is 6.24. The van der Waals surface area contributed by atoms with Crippen LogP contribution in [0.5, 0.6) is 0 Å². The molecule has 6 nitrogen and oxygen atoms in total. The molecule has 2 aromatic heterocycles. The van der Waals surface area contributed by atoms with E-state index in [0.717, 1.165) is 16.5 Å². The first-order valence-electron chi connectivity index (χ1n) is 7.48. The van der Waals surface area contributed by atoms with Crippen LogP contribution in [0.3, 0.4) is 0 Å². The van der Waals surface area contributed by atoms with Crippen molar-refractivity contribution in [3.8, 4) is 17.3 Å². The minimum Gasteiger partial charge on any atom is -0.320 e. The smallest absolute Gasteiger partial charge is 0.183 e. The predicted octanol–water partition coefficient (Wildman–Crippen LogP) is 4.29. The Balaban J connectivity index is 1.80. The molecule has 0 fully saturated rings. The molecule has 2 aromatic carbocycles. The second kappa shape index (κ2) is 6.23. The fourth-order valence-corrected chi connectivity index (χ4v) is 2.76. The van der Waals surface area contributed by atoms with E-state index in [4.69, 9.17) is 11.6 Å². The van der Waals surface area contributed by atoms with Crippen LogP contribution >= 0.6 is 11.6 Å². The van der Waals surface area contributed by atoms with E-state index in [1.165, 1.54) is 6.20 Å². The first-order chi connectivity index (χ1) is 12.3. The van der Waals surface area contributed by atoms with Crippen LogP contribution in [0.2, 0.25) is 5.02 Å². The van der Waals surface area contributed by atoms with Crippen molar-refractivity contribution in [3.63, 3.8) is 0 Å². The molecule has 0 saturated heterocycles. The van der Waals surface area contributed by atoms with Gasteiger partial charge in [0.25, 0.3) is 0 Å². The zero-order chi connectivity index (χ0) is 17.2. The molecule has 0 aliphatic carbocycles. The van der Waals surface area contributed by atoms with Gasteiger partial charge in [0, 0.05) is 10.9 Å². The summed E-state index contributed by atoms with van der Waals surface area (Å²) in [5, 5.41) is 21.1. The van der Waals surface area contributed by atoms with Crippen LogP contribution in [-0.2, 0) is 0 Å². The molecule has 0 unspecified atom stereocenters. The Hall–Kier alpha value is -3.43. The van der Waals surface area contributed by atoms with Gasteiger partial charge in [-0.2, -0.15) is 10.4 Å². The van der Waals surface area contributed by atoms with Crippen molar-refractivity contribution in [1.29, 1.82) is 5.26 Å². The number of benzene rings is 2. The first kappa shape index (κ1) is 15.1. The highest BCUT2D eigenvalue weighted by molar-refractivity contribution is 6.33. The number of anilines is 2. The van der Waals surface area contributed by atoms with E-state index in [1.807, 2.05) is 48.5 Å². The van der Waals surface area contributed by atoms with Crippen molar-refractivity contribution in [2.75, 3.05) is 5.32 Å². The van der Waals surface area contributed by atoms with Crippen molar-refractivity contribution in [3.05, 3.63) is 65.4 Å². The summed E-state index contributed by atoms with van der Waals surface area (Å²) in [6.45, 7) is 0. The Morgan fingerprint density at radius 3 is 2.68 bits per heavy atom. The predicted molar refractivity (Wildman–Crippen MR) is 96.6 cm³/mol. The molecule has 0 aliphatic heterocycles. The Labute approximate surface area is 148 Å². The fraction of sp³-hybridized carbons (Fsp3) is 0. The molecule has 0 amide bonds. The molecule has 0 saturated carbocycles. The zero-order valence-electron chi connectivity index (χ0n) is 12.9. The Morgan fingerprint density at radius 2 is 1.84 bits per heavy atom. The Kier molecular flexibility index (Phi) is 3.77. The quantitative estimate of drug-likeness (QED) is 0.577.